The summed E-state index contributed by atoms with van der Waals surface area (Å²) >= 11 is 12.4. The summed E-state index contributed by atoms with van der Waals surface area (Å²) in [5, 5.41) is 11.2. The molecule has 5 nitrogen and oxygen atoms in total. The summed E-state index contributed by atoms with van der Waals surface area (Å²) in [5.74, 6) is -0.967. The molecule has 3 aromatic rings. The van der Waals surface area contributed by atoms with Crippen molar-refractivity contribution < 1.29 is 19.4 Å². The van der Waals surface area contributed by atoms with Gasteiger partial charge in [-0.15, -0.1) is 0 Å². The van der Waals surface area contributed by atoms with E-state index in [4.69, 9.17) is 27.9 Å². The minimum absolute atomic E-state index is 0.0393. The highest BCUT2D eigenvalue weighted by Crippen LogP contribution is 2.37. The normalized spacial score (nSPS) is 16.4. The van der Waals surface area contributed by atoms with Crippen molar-refractivity contribution in [3.63, 3.8) is 0 Å². The van der Waals surface area contributed by atoms with E-state index >= 15 is 0 Å². The van der Waals surface area contributed by atoms with Crippen LogP contribution < -0.4 is 4.74 Å². The summed E-state index contributed by atoms with van der Waals surface area (Å²) < 4.78 is 6.00. The lowest BCUT2D eigenvalue weighted by atomic mass is 10.1. The highest BCUT2D eigenvalue weighted by molar-refractivity contribution is 6.39. The fourth-order valence-electron chi connectivity index (χ4n) is 3.54. The van der Waals surface area contributed by atoms with E-state index in [1.165, 1.54) is 12.1 Å². The van der Waals surface area contributed by atoms with Gasteiger partial charge in [0.15, 0.2) is 6.10 Å². The maximum absolute atomic E-state index is 12.8. The molecular formula is C22H17Cl2NO4. The molecule has 1 saturated heterocycles. The average molecular weight is 430 g/mol. The number of hydrogen-bond acceptors (Lipinski definition) is 3. The molecule has 7 heteroatoms. The number of carboxylic acid groups (broad SMARTS) is 1. The van der Waals surface area contributed by atoms with Crippen LogP contribution in [0.15, 0.2) is 54.6 Å². The monoisotopic (exact) mass is 429 g/mol. The number of carboxylic acids is 1. The van der Waals surface area contributed by atoms with E-state index in [9.17, 15) is 14.7 Å². The fourth-order valence-corrected chi connectivity index (χ4v) is 4.14. The van der Waals surface area contributed by atoms with Gasteiger partial charge in [0, 0.05) is 29.9 Å². The van der Waals surface area contributed by atoms with Crippen molar-refractivity contribution in [2.75, 3.05) is 6.54 Å². The molecule has 148 valence electrons. The Morgan fingerprint density at radius 1 is 1.14 bits per heavy atom. The molecule has 4 rings (SSSR count). The first-order chi connectivity index (χ1) is 13.9. The summed E-state index contributed by atoms with van der Waals surface area (Å²) in [5.41, 5.74) is 1.08. The van der Waals surface area contributed by atoms with E-state index in [1.807, 2.05) is 30.3 Å². The van der Waals surface area contributed by atoms with E-state index in [0.29, 0.717) is 40.3 Å². The number of benzene rings is 3. The summed E-state index contributed by atoms with van der Waals surface area (Å²) in [6, 6.07) is 15.8. The average Bonchev–Trinajstić information content (AvgIpc) is 3.01. The second-order valence-corrected chi connectivity index (χ2v) is 7.75. The number of hydrogen-bond donors (Lipinski definition) is 1. The molecule has 1 atom stereocenters. The first-order valence-electron chi connectivity index (χ1n) is 9.08. The van der Waals surface area contributed by atoms with Gasteiger partial charge in [-0.1, -0.05) is 53.5 Å². The number of fused-ring (bicyclic) bond motifs is 1. The Morgan fingerprint density at radius 3 is 2.62 bits per heavy atom. The number of carbonyl (C=O) groups excluding carboxylic acids is 1. The molecule has 0 spiro atoms. The van der Waals surface area contributed by atoms with Gasteiger partial charge in [0.1, 0.15) is 5.75 Å². The zero-order valence-electron chi connectivity index (χ0n) is 15.3. The van der Waals surface area contributed by atoms with Crippen molar-refractivity contribution in [2.24, 2.45) is 0 Å². The van der Waals surface area contributed by atoms with E-state index < -0.39 is 12.1 Å². The van der Waals surface area contributed by atoms with Crippen LogP contribution in [0.5, 0.6) is 5.75 Å². The molecule has 0 bridgehead atoms. The summed E-state index contributed by atoms with van der Waals surface area (Å²) in [7, 11) is 0. The highest BCUT2D eigenvalue weighted by atomic mass is 35.5. The Hall–Kier alpha value is -2.76. The molecule has 29 heavy (non-hydrogen) atoms. The molecule has 1 fully saturated rings. The first kappa shape index (κ1) is 19.6. The van der Waals surface area contributed by atoms with Crippen molar-refractivity contribution in [1.29, 1.82) is 0 Å². The number of amides is 1. The third-order valence-electron chi connectivity index (χ3n) is 4.91. The van der Waals surface area contributed by atoms with Crippen molar-refractivity contribution >= 4 is 45.9 Å². The molecule has 0 aliphatic carbocycles. The maximum atomic E-state index is 12.8. The summed E-state index contributed by atoms with van der Waals surface area (Å²) in [6.45, 7) is 1.07. The van der Waals surface area contributed by atoms with E-state index in [2.05, 4.69) is 0 Å². The topological polar surface area (TPSA) is 66.8 Å². The number of aromatic carboxylic acids is 1. The number of likely N-dealkylation sites (tertiary alicyclic amines) is 1. The van der Waals surface area contributed by atoms with Gasteiger partial charge in [0.05, 0.1) is 10.6 Å². The molecule has 1 amide bonds. The fraction of sp³-hybridized carbons (Fsp3) is 0.182. The quantitative estimate of drug-likeness (QED) is 0.617. The highest BCUT2D eigenvalue weighted by Gasteiger charge is 2.34. The molecule has 1 aliphatic heterocycles. The van der Waals surface area contributed by atoms with Crippen LogP contribution >= 0.6 is 23.2 Å². The van der Waals surface area contributed by atoms with Gasteiger partial charge < -0.3 is 14.7 Å². The van der Waals surface area contributed by atoms with Crippen LogP contribution in [0.2, 0.25) is 10.0 Å². The SMILES string of the molecule is O=C(O)c1cc(OC2CCN(Cc3ccccc3)C2=O)c2c(Cl)cc(Cl)cc2c1. The van der Waals surface area contributed by atoms with Crippen LogP contribution in [0.25, 0.3) is 10.8 Å². The molecule has 1 N–H and O–H groups in total. The lowest BCUT2D eigenvalue weighted by Gasteiger charge is -2.18. The van der Waals surface area contributed by atoms with Crippen LogP contribution in [0, 0.1) is 0 Å². The molecular weight excluding hydrogens is 413 g/mol. The van der Waals surface area contributed by atoms with Crippen LogP contribution in [0.4, 0.5) is 0 Å². The minimum atomic E-state index is -1.10. The van der Waals surface area contributed by atoms with Crippen molar-refractivity contribution in [1.82, 2.24) is 4.90 Å². The zero-order chi connectivity index (χ0) is 20.5. The van der Waals surface area contributed by atoms with Crippen LogP contribution in [-0.4, -0.2) is 34.5 Å². The van der Waals surface area contributed by atoms with Gasteiger partial charge >= 0.3 is 5.97 Å². The Morgan fingerprint density at radius 2 is 1.90 bits per heavy atom. The number of carbonyl (C=O) groups is 2. The molecule has 0 saturated carbocycles. The predicted molar refractivity (Wildman–Crippen MR) is 112 cm³/mol. The van der Waals surface area contributed by atoms with Crippen molar-refractivity contribution in [3.05, 3.63) is 75.8 Å². The Bertz CT molecular complexity index is 1100. The Labute approximate surface area is 177 Å². The smallest absolute Gasteiger partial charge is 0.335 e. The summed E-state index contributed by atoms with van der Waals surface area (Å²) in [4.78, 5) is 26.1. The third kappa shape index (κ3) is 4.02. The van der Waals surface area contributed by atoms with E-state index in [-0.39, 0.29) is 17.2 Å². The van der Waals surface area contributed by atoms with Gasteiger partial charge in [-0.25, -0.2) is 4.79 Å². The van der Waals surface area contributed by atoms with Gasteiger partial charge in [-0.05, 0) is 35.2 Å². The van der Waals surface area contributed by atoms with Crippen molar-refractivity contribution in [3.8, 4) is 5.75 Å². The van der Waals surface area contributed by atoms with Crippen LogP contribution in [-0.2, 0) is 11.3 Å². The van der Waals surface area contributed by atoms with Crippen molar-refractivity contribution in [2.45, 2.75) is 19.1 Å². The maximum Gasteiger partial charge on any atom is 0.335 e. The molecule has 1 aliphatic rings. The molecule has 0 aromatic heterocycles. The van der Waals surface area contributed by atoms with Gasteiger partial charge in [0.25, 0.3) is 5.91 Å². The van der Waals surface area contributed by atoms with E-state index in [1.54, 1.807) is 17.0 Å². The minimum Gasteiger partial charge on any atom is -0.480 e. The first-order valence-corrected chi connectivity index (χ1v) is 9.83. The lowest BCUT2D eigenvalue weighted by molar-refractivity contribution is -0.133. The second-order valence-electron chi connectivity index (χ2n) is 6.91. The zero-order valence-corrected chi connectivity index (χ0v) is 16.8. The number of rotatable bonds is 5. The third-order valence-corrected chi connectivity index (χ3v) is 5.43. The van der Waals surface area contributed by atoms with Gasteiger partial charge in [-0.2, -0.15) is 0 Å². The van der Waals surface area contributed by atoms with Gasteiger partial charge in [-0.3, -0.25) is 4.79 Å². The Kier molecular flexibility index (Phi) is 5.35. The molecule has 0 radical (unpaired) electrons. The standard InChI is InChI=1S/C22H17Cl2NO4/c23-16-9-14-8-15(22(27)28)10-19(20(14)17(24)11-16)29-18-6-7-25(21(18)26)12-13-4-2-1-3-5-13/h1-5,8-11,18H,6-7,12H2,(H,27,28). The number of halogens is 2. The lowest BCUT2D eigenvalue weighted by Crippen LogP contribution is -2.32. The van der Waals surface area contributed by atoms with E-state index in [0.717, 1.165) is 5.56 Å². The molecule has 3 aromatic carbocycles. The van der Waals surface area contributed by atoms with Crippen LogP contribution in [0.3, 0.4) is 0 Å². The number of nitrogens with zero attached hydrogens (tertiary/aromatic N) is 1. The predicted octanol–water partition coefficient (Wildman–Crippen LogP) is 5.02. The molecule has 1 unspecified atom stereocenters. The van der Waals surface area contributed by atoms with Crippen LogP contribution in [0.1, 0.15) is 22.3 Å². The Balaban J connectivity index is 1.64. The number of ether oxygens (including phenoxy) is 1. The molecule has 1 heterocycles. The summed E-state index contributed by atoms with van der Waals surface area (Å²) in [6.07, 6.45) is -0.187. The largest absolute Gasteiger partial charge is 0.480 e. The van der Waals surface area contributed by atoms with Gasteiger partial charge in [0.2, 0.25) is 0 Å². The second kappa shape index (κ2) is 7.93.